The maximum absolute atomic E-state index is 11.7. The minimum atomic E-state index is -0.344. The number of rotatable bonds is 4. The van der Waals surface area contributed by atoms with Crippen LogP contribution in [-0.4, -0.2) is 41.2 Å². The van der Waals surface area contributed by atoms with E-state index >= 15 is 0 Å². The molecule has 0 spiro atoms. The lowest BCUT2D eigenvalue weighted by Gasteiger charge is -2.23. The lowest BCUT2D eigenvalue weighted by molar-refractivity contribution is -0.130. The van der Waals surface area contributed by atoms with Crippen molar-refractivity contribution in [3.8, 4) is 11.5 Å². The summed E-state index contributed by atoms with van der Waals surface area (Å²) >= 11 is 0. The van der Waals surface area contributed by atoms with E-state index in [2.05, 4.69) is 5.32 Å². The number of amides is 1. The molecule has 0 aromatic heterocycles. The number of hydrogen-bond donors (Lipinski definition) is 3. The van der Waals surface area contributed by atoms with Gasteiger partial charge in [-0.1, -0.05) is 6.07 Å². The third kappa shape index (κ3) is 3.37. The van der Waals surface area contributed by atoms with Crippen molar-refractivity contribution >= 4 is 5.91 Å². The normalized spacial score (nSPS) is 14.0. The van der Waals surface area contributed by atoms with Crippen LogP contribution >= 0.6 is 0 Å². The fourth-order valence-corrected chi connectivity index (χ4v) is 1.82. The van der Waals surface area contributed by atoms with Crippen molar-refractivity contribution in [3.05, 3.63) is 23.8 Å². The van der Waals surface area contributed by atoms with Gasteiger partial charge in [-0.25, -0.2) is 0 Å². The number of hydrogen-bond acceptors (Lipinski definition) is 4. The van der Waals surface area contributed by atoms with Gasteiger partial charge in [0.25, 0.3) is 0 Å². The minimum Gasteiger partial charge on any atom is -0.508 e. The first kappa shape index (κ1) is 14.3. The molecule has 0 aliphatic rings. The summed E-state index contributed by atoms with van der Waals surface area (Å²) in [6, 6.07) is 3.89. The number of benzene rings is 1. The summed E-state index contributed by atoms with van der Waals surface area (Å²) in [7, 11) is 3.40. The number of carbonyl (C=O) groups excluding carboxylic acids is 1. The third-order valence-corrected chi connectivity index (χ3v) is 2.79. The molecule has 1 aromatic rings. The van der Waals surface area contributed by atoms with Crippen LogP contribution in [0.15, 0.2) is 18.2 Å². The highest BCUT2D eigenvalue weighted by Crippen LogP contribution is 2.27. The Bertz CT molecular complexity index is 432. The molecule has 0 saturated heterocycles. The summed E-state index contributed by atoms with van der Waals surface area (Å²) in [6.45, 7) is 3.63. The summed E-state index contributed by atoms with van der Waals surface area (Å²) in [6.07, 6.45) is 0. The molecular weight excluding hydrogens is 232 g/mol. The predicted molar refractivity (Wildman–Crippen MR) is 69.5 cm³/mol. The zero-order chi connectivity index (χ0) is 13.9. The van der Waals surface area contributed by atoms with Crippen molar-refractivity contribution in [2.75, 3.05) is 14.1 Å². The molecule has 5 nitrogen and oxygen atoms in total. The van der Waals surface area contributed by atoms with Gasteiger partial charge in [-0.2, -0.15) is 0 Å². The van der Waals surface area contributed by atoms with Gasteiger partial charge in [-0.3, -0.25) is 10.1 Å². The Morgan fingerprint density at radius 2 is 1.89 bits per heavy atom. The molecule has 0 fully saturated rings. The van der Waals surface area contributed by atoms with Crippen LogP contribution in [0.2, 0.25) is 0 Å². The average molecular weight is 252 g/mol. The van der Waals surface area contributed by atoms with Crippen molar-refractivity contribution in [2.24, 2.45) is 0 Å². The Hall–Kier alpha value is -1.75. The number of likely N-dealkylation sites (N-methyl/N-ethyl adjacent to an activating group) is 1. The summed E-state index contributed by atoms with van der Waals surface area (Å²) in [5, 5.41) is 22.1. The molecule has 0 aliphatic heterocycles. The second-order valence-corrected chi connectivity index (χ2v) is 4.59. The molecule has 0 aliphatic carbocycles. The van der Waals surface area contributed by atoms with Crippen molar-refractivity contribution in [1.29, 1.82) is 0 Å². The summed E-state index contributed by atoms with van der Waals surface area (Å²) in [5.74, 6) is 0.000451. The van der Waals surface area contributed by atoms with Crippen LogP contribution in [-0.2, 0) is 4.79 Å². The molecule has 0 bridgehead atoms. The van der Waals surface area contributed by atoms with Gasteiger partial charge in [0.1, 0.15) is 11.5 Å². The third-order valence-electron chi connectivity index (χ3n) is 2.79. The van der Waals surface area contributed by atoms with E-state index in [1.807, 2.05) is 6.92 Å². The molecule has 0 saturated carbocycles. The van der Waals surface area contributed by atoms with Crippen molar-refractivity contribution in [3.63, 3.8) is 0 Å². The Morgan fingerprint density at radius 1 is 1.28 bits per heavy atom. The van der Waals surface area contributed by atoms with Crippen molar-refractivity contribution in [1.82, 2.24) is 10.2 Å². The molecule has 1 aromatic carbocycles. The second kappa shape index (κ2) is 5.73. The van der Waals surface area contributed by atoms with E-state index in [0.29, 0.717) is 5.56 Å². The number of aromatic hydroxyl groups is 2. The van der Waals surface area contributed by atoms with Gasteiger partial charge in [-0.05, 0) is 19.9 Å². The van der Waals surface area contributed by atoms with Gasteiger partial charge in [0.05, 0.1) is 6.04 Å². The number of carbonyl (C=O) groups is 1. The van der Waals surface area contributed by atoms with Gasteiger partial charge in [-0.15, -0.1) is 0 Å². The SMILES string of the molecule is CC(NC(C)c1ccc(O)cc1O)C(=O)N(C)C. The zero-order valence-corrected chi connectivity index (χ0v) is 11.1. The molecule has 1 rings (SSSR count). The topological polar surface area (TPSA) is 72.8 Å². The van der Waals surface area contributed by atoms with E-state index in [-0.39, 0.29) is 29.5 Å². The molecular formula is C13H20N2O3. The minimum absolute atomic E-state index is 0.0134. The molecule has 2 atom stereocenters. The highest BCUT2D eigenvalue weighted by atomic mass is 16.3. The Morgan fingerprint density at radius 3 is 2.39 bits per heavy atom. The molecule has 0 heterocycles. The van der Waals surface area contributed by atoms with Gasteiger partial charge < -0.3 is 15.1 Å². The van der Waals surface area contributed by atoms with Crippen LogP contribution in [0, 0.1) is 0 Å². The number of nitrogens with one attached hydrogen (secondary N) is 1. The summed E-state index contributed by atoms with van der Waals surface area (Å²) < 4.78 is 0. The maximum atomic E-state index is 11.7. The van der Waals surface area contributed by atoms with E-state index in [0.717, 1.165) is 0 Å². The van der Waals surface area contributed by atoms with Gasteiger partial charge in [0.15, 0.2) is 0 Å². The molecule has 100 valence electrons. The Balaban J connectivity index is 2.76. The van der Waals surface area contributed by atoms with Crippen LogP contribution in [0.1, 0.15) is 25.5 Å². The highest BCUT2D eigenvalue weighted by molar-refractivity contribution is 5.80. The van der Waals surface area contributed by atoms with Crippen LogP contribution in [0.4, 0.5) is 0 Å². The predicted octanol–water partition coefficient (Wildman–Crippen LogP) is 1.23. The fourth-order valence-electron chi connectivity index (χ4n) is 1.82. The van der Waals surface area contributed by atoms with E-state index in [1.54, 1.807) is 27.1 Å². The zero-order valence-electron chi connectivity index (χ0n) is 11.1. The first-order valence-corrected chi connectivity index (χ1v) is 5.82. The molecule has 0 radical (unpaired) electrons. The summed E-state index contributed by atoms with van der Waals surface area (Å²) in [5.41, 5.74) is 0.645. The highest BCUT2D eigenvalue weighted by Gasteiger charge is 2.19. The van der Waals surface area contributed by atoms with Gasteiger partial charge in [0.2, 0.25) is 5.91 Å². The molecule has 2 unspecified atom stereocenters. The van der Waals surface area contributed by atoms with Crippen LogP contribution in [0.3, 0.4) is 0 Å². The largest absolute Gasteiger partial charge is 0.508 e. The smallest absolute Gasteiger partial charge is 0.238 e. The van der Waals surface area contributed by atoms with Crippen molar-refractivity contribution in [2.45, 2.75) is 25.9 Å². The fraction of sp³-hybridized carbons (Fsp3) is 0.462. The number of nitrogens with zero attached hydrogens (tertiary/aromatic N) is 1. The number of phenolic OH excluding ortho intramolecular Hbond substituents is 2. The Labute approximate surface area is 107 Å². The first-order valence-electron chi connectivity index (χ1n) is 5.82. The molecule has 3 N–H and O–H groups in total. The monoisotopic (exact) mass is 252 g/mol. The maximum Gasteiger partial charge on any atom is 0.238 e. The van der Waals surface area contributed by atoms with E-state index in [9.17, 15) is 15.0 Å². The van der Waals surface area contributed by atoms with E-state index in [4.69, 9.17) is 0 Å². The number of phenols is 2. The Kier molecular flexibility index (Phi) is 4.55. The standard InChI is InChI=1S/C13H20N2O3/c1-8(14-9(2)13(18)15(3)4)11-6-5-10(16)7-12(11)17/h5-9,14,16-17H,1-4H3. The lowest BCUT2D eigenvalue weighted by atomic mass is 10.1. The van der Waals surface area contributed by atoms with Crippen LogP contribution in [0.25, 0.3) is 0 Å². The first-order chi connectivity index (χ1) is 8.32. The molecule has 18 heavy (non-hydrogen) atoms. The van der Waals surface area contributed by atoms with E-state index in [1.165, 1.54) is 17.0 Å². The molecule has 5 heteroatoms. The van der Waals surface area contributed by atoms with Gasteiger partial charge >= 0.3 is 0 Å². The van der Waals surface area contributed by atoms with Crippen LogP contribution < -0.4 is 5.32 Å². The summed E-state index contributed by atoms with van der Waals surface area (Å²) in [4.78, 5) is 13.2. The lowest BCUT2D eigenvalue weighted by Crippen LogP contribution is -2.42. The van der Waals surface area contributed by atoms with Crippen LogP contribution in [0.5, 0.6) is 11.5 Å². The molecule has 1 amide bonds. The van der Waals surface area contributed by atoms with Gasteiger partial charge in [0, 0.05) is 31.8 Å². The average Bonchev–Trinajstić information content (AvgIpc) is 2.27. The quantitative estimate of drug-likeness (QED) is 0.753. The van der Waals surface area contributed by atoms with E-state index < -0.39 is 0 Å². The second-order valence-electron chi connectivity index (χ2n) is 4.59. The van der Waals surface area contributed by atoms with Crippen molar-refractivity contribution < 1.29 is 15.0 Å².